The van der Waals surface area contributed by atoms with Gasteiger partial charge in [0.15, 0.2) is 0 Å². The van der Waals surface area contributed by atoms with Crippen molar-refractivity contribution in [1.82, 2.24) is 4.90 Å². The number of aryl methyl sites for hydroxylation is 1. The summed E-state index contributed by atoms with van der Waals surface area (Å²) in [6.45, 7) is 0. The molecule has 2 heterocycles. The lowest BCUT2D eigenvalue weighted by Gasteiger charge is -2.29. The zero-order valence-corrected chi connectivity index (χ0v) is 9.50. The van der Waals surface area contributed by atoms with Crippen LogP contribution in [0.5, 0.6) is 0 Å². The molecular formula is C12H11NO2S. The number of imide groups is 1. The van der Waals surface area contributed by atoms with E-state index in [1.54, 1.807) is 11.3 Å². The van der Waals surface area contributed by atoms with Crippen molar-refractivity contribution >= 4 is 23.2 Å². The molecule has 0 N–H and O–H groups in total. The minimum Gasteiger partial charge on any atom is -0.269 e. The third-order valence-electron chi connectivity index (χ3n) is 3.18. The Bertz CT molecular complexity index is 471. The first-order valence-electron chi connectivity index (χ1n) is 5.39. The molecule has 1 aliphatic heterocycles. The third-order valence-corrected chi connectivity index (χ3v) is 4.17. The van der Waals surface area contributed by atoms with Crippen LogP contribution in [-0.4, -0.2) is 16.7 Å². The molecule has 1 atom stereocenters. The molecule has 3 rings (SSSR count). The van der Waals surface area contributed by atoms with Gasteiger partial charge in [0.25, 0.3) is 11.8 Å². The highest BCUT2D eigenvalue weighted by atomic mass is 32.1. The van der Waals surface area contributed by atoms with Crippen LogP contribution in [0, 0.1) is 0 Å². The van der Waals surface area contributed by atoms with Gasteiger partial charge < -0.3 is 0 Å². The van der Waals surface area contributed by atoms with Gasteiger partial charge in [-0.25, -0.2) is 0 Å². The average molecular weight is 233 g/mol. The Morgan fingerprint density at radius 1 is 1.25 bits per heavy atom. The molecule has 0 aromatic carbocycles. The van der Waals surface area contributed by atoms with E-state index in [9.17, 15) is 9.59 Å². The van der Waals surface area contributed by atoms with Crippen LogP contribution in [0.2, 0.25) is 0 Å². The molecule has 0 fully saturated rings. The van der Waals surface area contributed by atoms with E-state index in [1.807, 2.05) is 11.4 Å². The van der Waals surface area contributed by atoms with Gasteiger partial charge in [0.05, 0.1) is 6.04 Å². The zero-order chi connectivity index (χ0) is 11.1. The molecule has 0 radical (unpaired) electrons. The molecule has 82 valence electrons. The maximum Gasteiger partial charge on any atom is 0.254 e. The topological polar surface area (TPSA) is 37.4 Å². The third kappa shape index (κ3) is 1.33. The Kier molecular flexibility index (Phi) is 2.17. The van der Waals surface area contributed by atoms with Gasteiger partial charge in [0.2, 0.25) is 0 Å². The average Bonchev–Trinajstić information content (AvgIpc) is 2.86. The fourth-order valence-electron chi connectivity index (χ4n) is 2.45. The largest absolute Gasteiger partial charge is 0.269 e. The Morgan fingerprint density at radius 2 is 2.00 bits per heavy atom. The number of thiophene rings is 1. The van der Waals surface area contributed by atoms with E-state index >= 15 is 0 Å². The lowest BCUT2D eigenvalue weighted by molar-refractivity contribution is -0.140. The van der Waals surface area contributed by atoms with Crippen LogP contribution in [-0.2, 0) is 16.0 Å². The molecule has 4 heteroatoms. The predicted octanol–water partition coefficient (Wildman–Crippen LogP) is 2.05. The first-order valence-corrected chi connectivity index (χ1v) is 6.27. The summed E-state index contributed by atoms with van der Waals surface area (Å²) in [5, 5.41) is 2.04. The fraction of sp³-hybridized carbons (Fsp3) is 0.333. The van der Waals surface area contributed by atoms with E-state index < -0.39 is 0 Å². The molecule has 0 spiro atoms. The highest BCUT2D eigenvalue weighted by Crippen LogP contribution is 2.38. The Hall–Kier alpha value is -1.42. The number of carbonyl (C=O) groups excluding carboxylic acids is 2. The van der Waals surface area contributed by atoms with E-state index in [1.165, 1.54) is 27.5 Å². The summed E-state index contributed by atoms with van der Waals surface area (Å²) in [5.74, 6) is -0.344. The molecule has 16 heavy (non-hydrogen) atoms. The number of hydrogen-bond acceptors (Lipinski definition) is 3. The summed E-state index contributed by atoms with van der Waals surface area (Å²) >= 11 is 1.72. The normalized spacial score (nSPS) is 24.0. The van der Waals surface area contributed by atoms with E-state index in [0.29, 0.717) is 0 Å². The quantitative estimate of drug-likeness (QED) is 0.696. The second kappa shape index (κ2) is 3.56. The summed E-state index contributed by atoms with van der Waals surface area (Å²) in [4.78, 5) is 26.0. The van der Waals surface area contributed by atoms with Gasteiger partial charge in [-0.3, -0.25) is 14.5 Å². The minimum absolute atomic E-state index is 0.0370. The second-order valence-electron chi connectivity index (χ2n) is 4.09. The van der Waals surface area contributed by atoms with Gasteiger partial charge in [-0.15, -0.1) is 11.3 Å². The van der Waals surface area contributed by atoms with Crippen molar-refractivity contribution in [2.24, 2.45) is 0 Å². The van der Waals surface area contributed by atoms with E-state index in [0.717, 1.165) is 19.3 Å². The van der Waals surface area contributed by atoms with E-state index in [4.69, 9.17) is 0 Å². The molecule has 0 saturated carbocycles. The zero-order valence-electron chi connectivity index (χ0n) is 8.68. The molecule has 1 aliphatic carbocycles. The van der Waals surface area contributed by atoms with Crippen LogP contribution in [0.15, 0.2) is 23.6 Å². The van der Waals surface area contributed by atoms with Crippen molar-refractivity contribution in [3.8, 4) is 0 Å². The Labute approximate surface area is 97.4 Å². The van der Waals surface area contributed by atoms with Crippen LogP contribution in [0.4, 0.5) is 0 Å². The molecule has 1 aromatic heterocycles. The molecule has 2 aliphatic rings. The fourth-order valence-corrected chi connectivity index (χ4v) is 3.43. The highest BCUT2D eigenvalue weighted by molar-refractivity contribution is 7.10. The van der Waals surface area contributed by atoms with E-state index in [-0.39, 0.29) is 17.9 Å². The molecule has 1 unspecified atom stereocenters. The van der Waals surface area contributed by atoms with Crippen molar-refractivity contribution in [3.05, 3.63) is 34.0 Å². The van der Waals surface area contributed by atoms with E-state index in [2.05, 4.69) is 0 Å². The van der Waals surface area contributed by atoms with Crippen LogP contribution in [0.1, 0.15) is 29.3 Å². The highest BCUT2D eigenvalue weighted by Gasteiger charge is 2.34. The Balaban J connectivity index is 1.98. The van der Waals surface area contributed by atoms with Gasteiger partial charge in [-0.1, -0.05) is 0 Å². The summed E-state index contributed by atoms with van der Waals surface area (Å²) in [7, 11) is 0. The molecule has 2 amide bonds. The maximum atomic E-state index is 11.6. The smallest absolute Gasteiger partial charge is 0.254 e. The van der Waals surface area contributed by atoms with Crippen molar-refractivity contribution in [2.45, 2.75) is 25.3 Å². The molecule has 1 aromatic rings. The van der Waals surface area contributed by atoms with Crippen LogP contribution >= 0.6 is 11.3 Å². The van der Waals surface area contributed by atoms with Crippen molar-refractivity contribution in [2.75, 3.05) is 0 Å². The van der Waals surface area contributed by atoms with Crippen LogP contribution in [0.3, 0.4) is 0 Å². The number of amides is 2. The second-order valence-corrected chi connectivity index (χ2v) is 5.09. The SMILES string of the molecule is O=C1C=CC(=O)N1C1CCCc2sccc21. The first kappa shape index (κ1) is 9.78. The monoisotopic (exact) mass is 233 g/mol. The number of hydrogen-bond donors (Lipinski definition) is 0. The van der Waals surface area contributed by atoms with Gasteiger partial charge in [-0.05, 0) is 36.3 Å². The lowest BCUT2D eigenvalue weighted by atomic mass is 9.93. The summed E-state index contributed by atoms with van der Waals surface area (Å²) in [5.41, 5.74) is 1.17. The first-order chi connectivity index (χ1) is 7.77. The van der Waals surface area contributed by atoms with Crippen LogP contribution < -0.4 is 0 Å². The standard InChI is InChI=1S/C12H11NO2S/c14-11-4-5-12(15)13(11)9-2-1-3-10-8(9)6-7-16-10/h4-7,9H,1-3H2. The van der Waals surface area contributed by atoms with Crippen molar-refractivity contribution in [1.29, 1.82) is 0 Å². The molecule has 0 bridgehead atoms. The lowest BCUT2D eigenvalue weighted by Crippen LogP contribution is -2.35. The van der Waals surface area contributed by atoms with Gasteiger partial charge >= 0.3 is 0 Å². The van der Waals surface area contributed by atoms with Crippen molar-refractivity contribution in [3.63, 3.8) is 0 Å². The molecule has 3 nitrogen and oxygen atoms in total. The minimum atomic E-state index is -0.172. The summed E-state index contributed by atoms with van der Waals surface area (Å²) < 4.78 is 0. The van der Waals surface area contributed by atoms with Gasteiger partial charge in [0, 0.05) is 17.0 Å². The predicted molar refractivity (Wildman–Crippen MR) is 61.0 cm³/mol. The molecular weight excluding hydrogens is 222 g/mol. The number of fused-ring (bicyclic) bond motifs is 1. The summed E-state index contributed by atoms with van der Waals surface area (Å²) in [6.07, 6.45) is 5.75. The van der Waals surface area contributed by atoms with Gasteiger partial charge in [0.1, 0.15) is 0 Å². The number of nitrogens with zero attached hydrogens (tertiary/aromatic N) is 1. The maximum absolute atomic E-state index is 11.6. The molecule has 0 saturated heterocycles. The number of carbonyl (C=O) groups is 2. The number of rotatable bonds is 1. The Morgan fingerprint density at radius 3 is 2.75 bits per heavy atom. The van der Waals surface area contributed by atoms with Gasteiger partial charge in [-0.2, -0.15) is 0 Å². The summed E-state index contributed by atoms with van der Waals surface area (Å²) in [6, 6.07) is 2.01. The van der Waals surface area contributed by atoms with Crippen LogP contribution in [0.25, 0.3) is 0 Å². The van der Waals surface area contributed by atoms with Crippen molar-refractivity contribution < 1.29 is 9.59 Å².